The standard InChI is InChI=1S/C20H24N4O3/c1-4-27-14(2)17-7-5-6-16(12-17)8-9-18-13-19(26)24(20(21)23-18)11-10-22-15(3)25/h4-7,12-13H,1-2,8-11H2,3H3,(H2,21,23)(H,22,25). The van der Waals surface area contributed by atoms with Gasteiger partial charge in [0.1, 0.15) is 5.76 Å². The van der Waals surface area contributed by atoms with Gasteiger partial charge in [-0.05, 0) is 24.5 Å². The van der Waals surface area contributed by atoms with Gasteiger partial charge in [-0.2, -0.15) is 0 Å². The highest BCUT2D eigenvalue weighted by Gasteiger charge is 2.07. The number of aryl methyl sites for hydroxylation is 2. The number of nitrogens with two attached hydrogens (primary N) is 1. The fourth-order valence-electron chi connectivity index (χ4n) is 2.61. The first-order valence-electron chi connectivity index (χ1n) is 8.57. The van der Waals surface area contributed by atoms with Crippen LogP contribution in [0.25, 0.3) is 5.76 Å². The molecule has 1 amide bonds. The predicted molar refractivity (Wildman–Crippen MR) is 106 cm³/mol. The van der Waals surface area contributed by atoms with Crippen molar-refractivity contribution in [3.8, 4) is 0 Å². The third kappa shape index (κ3) is 5.85. The number of amides is 1. The highest BCUT2D eigenvalue weighted by atomic mass is 16.5. The molecule has 7 heteroatoms. The van der Waals surface area contributed by atoms with Crippen LogP contribution in [0.2, 0.25) is 0 Å². The van der Waals surface area contributed by atoms with Crippen LogP contribution in [-0.2, 0) is 28.9 Å². The summed E-state index contributed by atoms with van der Waals surface area (Å²) in [5.74, 6) is 0.509. The van der Waals surface area contributed by atoms with E-state index in [0.29, 0.717) is 30.8 Å². The van der Waals surface area contributed by atoms with E-state index in [4.69, 9.17) is 10.5 Å². The lowest BCUT2D eigenvalue weighted by Gasteiger charge is -2.11. The normalized spacial score (nSPS) is 10.3. The Hall–Kier alpha value is -3.35. The van der Waals surface area contributed by atoms with E-state index in [1.807, 2.05) is 24.3 Å². The summed E-state index contributed by atoms with van der Waals surface area (Å²) >= 11 is 0. The Morgan fingerprint density at radius 3 is 2.81 bits per heavy atom. The number of hydrogen-bond acceptors (Lipinski definition) is 5. The average molecular weight is 368 g/mol. The number of aromatic nitrogens is 2. The van der Waals surface area contributed by atoms with Crippen LogP contribution < -0.4 is 16.6 Å². The summed E-state index contributed by atoms with van der Waals surface area (Å²) in [5.41, 5.74) is 8.23. The van der Waals surface area contributed by atoms with E-state index >= 15 is 0 Å². The van der Waals surface area contributed by atoms with Crippen molar-refractivity contribution in [1.82, 2.24) is 14.9 Å². The average Bonchev–Trinajstić information content (AvgIpc) is 2.62. The van der Waals surface area contributed by atoms with Gasteiger partial charge < -0.3 is 15.8 Å². The third-order valence-corrected chi connectivity index (χ3v) is 3.94. The van der Waals surface area contributed by atoms with Crippen molar-refractivity contribution in [2.75, 3.05) is 12.3 Å². The maximum absolute atomic E-state index is 12.3. The molecule has 1 aromatic carbocycles. The molecule has 1 heterocycles. The minimum absolute atomic E-state index is 0.143. The molecule has 27 heavy (non-hydrogen) atoms. The van der Waals surface area contributed by atoms with E-state index in [1.165, 1.54) is 23.8 Å². The number of nitrogen functional groups attached to an aromatic ring is 1. The molecule has 0 fully saturated rings. The van der Waals surface area contributed by atoms with Crippen LogP contribution in [0.5, 0.6) is 0 Å². The first-order valence-corrected chi connectivity index (χ1v) is 8.57. The van der Waals surface area contributed by atoms with E-state index in [2.05, 4.69) is 23.5 Å². The number of rotatable bonds is 9. The lowest BCUT2D eigenvalue weighted by atomic mass is 10.0. The first kappa shape index (κ1) is 20.0. The minimum Gasteiger partial charge on any atom is -0.466 e. The number of anilines is 1. The molecule has 0 aliphatic rings. The molecule has 2 rings (SSSR count). The molecule has 0 radical (unpaired) electrons. The quantitative estimate of drug-likeness (QED) is 0.659. The van der Waals surface area contributed by atoms with Crippen molar-refractivity contribution in [3.63, 3.8) is 0 Å². The Balaban J connectivity index is 2.05. The molecule has 0 aliphatic carbocycles. The first-order chi connectivity index (χ1) is 12.9. The highest BCUT2D eigenvalue weighted by Crippen LogP contribution is 2.16. The number of hydrogen-bond donors (Lipinski definition) is 2. The second-order valence-corrected chi connectivity index (χ2v) is 5.99. The van der Waals surface area contributed by atoms with Crippen molar-refractivity contribution in [1.29, 1.82) is 0 Å². The van der Waals surface area contributed by atoms with E-state index < -0.39 is 0 Å². The molecule has 0 aliphatic heterocycles. The summed E-state index contributed by atoms with van der Waals surface area (Å²) < 4.78 is 6.55. The van der Waals surface area contributed by atoms with Crippen molar-refractivity contribution in [2.45, 2.75) is 26.3 Å². The zero-order chi connectivity index (χ0) is 19.8. The Labute approximate surface area is 158 Å². The molecule has 0 saturated carbocycles. The monoisotopic (exact) mass is 368 g/mol. The Morgan fingerprint density at radius 2 is 2.15 bits per heavy atom. The van der Waals surface area contributed by atoms with Crippen LogP contribution in [-0.4, -0.2) is 22.0 Å². The topological polar surface area (TPSA) is 99.2 Å². The van der Waals surface area contributed by atoms with Crippen LogP contribution >= 0.6 is 0 Å². The summed E-state index contributed by atoms with van der Waals surface area (Å²) in [5, 5.41) is 2.63. The lowest BCUT2D eigenvalue weighted by Crippen LogP contribution is -2.31. The van der Waals surface area contributed by atoms with Gasteiger partial charge in [-0.3, -0.25) is 14.2 Å². The summed E-state index contributed by atoms with van der Waals surface area (Å²) in [4.78, 5) is 27.5. The zero-order valence-corrected chi connectivity index (χ0v) is 15.4. The van der Waals surface area contributed by atoms with Crippen molar-refractivity contribution >= 4 is 17.6 Å². The maximum Gasteiger partial charge on any atom is 0.255 e. The van der Waals surface area contributed by atoms with Crippen molar-refractivity contribution in [3.05, 3.63) is 76.9 Å². The van der Waals surface area contributed by atoms with Gasteiger partial charge in [0.05, 0.1) is 12.0 Å². The van der Waals surface area contributed by atoms with Crippen molar-refractivity contribution < 1.29 is 9.53 Å². The van der Waals surface area contributed by atoms with Crippen molar-refractivity contribution in [2.24, 2.45) is 0 Å². The van der Waals surface area contributed by atoms with Gasteiger partial charge in [0.15, 0.2) is 0 Å². The number of nitrogens with zero attached hydrogens (tertiary/aromatic N) is 2. The third-order valence-electron chi connectivity index (χ3n) is 3.94. The lowest BCUT2D eigenvalue weighted by molar-refractivity contribution is -0.118. The van der Waals surface area contributed by atoms with Gasteiger partial charge in [-0.25, -0.2) is 4.98 Å². The molecule has 0 atom stereocenters. The van der Waals surface area contributed by atoms with Crippen LogP contribution in [0.1, 0.15) is 23.7 Å². The van der Waals surface area contributed by atoms with E-state index in [9.17, 15) is 9.59 Å². The Kier molecular flexibility index (Phi) is 6.93. The van der Waals surface area contributed by atoms with Gasteiger partial charge in [-0.1, -0.05) is 31.4 Å². The number of ether oxygens (including phenoxy) is 1. The van der Waals surface area contributed by atoms with E-state index in [-0.39, 0.29) is 24.0 Å². The molecule has 3 N–H and O–H groups in total. The number of benzene rings is 1. The summed E-state index contributed by atoms with van der Waals surface area (Å²) in [6.45, 7) is 9.39. The minimum atomic E-state index is -0.232. The van der Waals surface area contributed by atoms with Gasteiger partial charge in [0.2, 0.25) is 11.9 Å². The molecule has 0 spiro atoms. The molecule has 2 aromatic rings. The fourth-order valence-corrected chi connectivity index (χ4v) is 2.61. The second-order valence-electron chi connectivity index (χ2n) is 5.99. The molecule has 0 saturated heterocycles. The van der Waals surface area contributed by atoms with Crippen LogP contribution in [0.4, 0.5) is 5.95 Å². The summed E-state index contributed by atoms with van der Waals surface area (Å²) in [6, 6.07) is 9.27. The fraction of sp³-hybridized carbons (Fsp3) is 0.250. The van der Waals surface area contributed by atoms with Gasteiger partial charge in [0, 0.05) is 31.6 Å². The molecular formula is C20H24N4O3. The maximum atomic E-state index is 12.3. The highest BCUT2D eigenvalue weighted by molar-refractivity contribution is 5.72. The largest absolute Gasteiger partial charge is 0.466 e. The SMILES string of the molecule is C=COC(=C)c1cccc(CCc2cc(=O)n(CCNC(C)=O)c(N)n2)c1. The van der Waals surface area contributed by atoms with Gasteiger partial charge in [-0.15, -0.1) is 0 Å². The van der Waals surface area contributed by atoms with Crippen LogP contribution in [0.15, 0.2) is 54.5 Å². The van der Waals surface area contributed by atoms with Gasteiger partial charge >= 0.3 is 0 Å². The summed E-state index contributed by atoms with van der Waals surface area (Å²) in [6.07, 6.45) is 2.60. The molecular weight excluding hydrogens is 344 g/mol. The molecule has 1 aromatic heterocycles. The van der Waals surface area contributed by atoms with Crippen LogP contribution in [0, 0.1) is 0 Å². The predicted octanol–water partition coefficient (Wildman–Crippen LogP) is 1.88. The Morgan fingerprint density at radius 1 is 1.37 bits per heavy atom. The van der Waals surface area contributed by atoms with Gasteiger partial charge in [0.25, 0.3) is 5.56 Å². The number of carbonyl (C=O) groups is 1. The van der Waals surface area contributed by atoms with E-state index in [0.717, 1.165) is 11.1 Å². The zero-order valence-electron chi connectivity index (χ0n) is 15.4. The molecule has 142 valence electrons. The summed E-state index contributed by atoms with van der Waals surface area (Å²) in [7, 11) is 0. The van der Waals surface area contributed by atoms with Crippen LogP contribution in [0.3, 0.4) is 0 Å². The molecule has 0 bridgehead atoms. The number of carbonyl (C=O) groups excluding carboxylic acids is 1. The Bertz CT molecular complexity index is 902. The molecule has 0 unspecified atom stereocenters. The second kappa shape index (κ2) is 9.38. The molecule has 7 nitrogen and oxygen atoms in total. The van der Waals surface area contributed by atoms with E-state index in [1.54, 1.807) is 0 Å². The smallest absolute Gasteiger partial charge is 0.255 e. The number of nitrogens with one attached hydrogen (secondary N) is 1.